The number of ether oxygens (including phenoxy) is 2. The Morgan fingerprint density at radius 1 is 0.613 bits per heavy atom. The molecule has 0 fully saturated rings. The topological polar surface area (TPSA) is 134 Å². The van der Waals surface area contributed by atoms with Crippen molar-refractivity contribution in [3.8, 4) is 11.5 Å². The number of carbonyl (C=O) groups is 4. The predicted molar refractivity (Wildman–Crippen MR) is 247 cm³/mol. The Kier molecular flexibility index (Phi) is 12.9. The Balaban J connectivity index is 0.000000469. The van der Waals surface area contributed by atoms with Gasteiger partial charge in [0.05, 0.1) is 30.0 Å². The van der Waals surface area contributed by atoms with Gasteiger partial charge in [-0.2, -0.15) is 0 Å². The SMILES string of the molecule is CC(C)C(C)O.CC(C)CC(C)N1C(=O)c2ccc3c4ccc5c6c(ccc(c7ccc(c2c37)C1=O)c64)C(=O)N(c1ccc(Oc2ccc(Cl)cc2)c(Cl)c1)C5=O.COCCO. The fraction of sp³-hybridized carbons (Fsp3) is 0.280. The highest BCUT2D eigenvalue weighted by atomic mass is 35.5. The summed E-state index contributed by atoms with van der Waals surface area (Å²) in [6, 6.07) is 26.1. The average molecular weight is 876 g/mol. The number of anilines is 1. The van der Waals surface area contributed by atoms with Crippen LogP contribution in [0.4, 0.5) is 5.69 Å². The summed E-state index contributed by atoms with van der Waals surface area (Å²) >= 11 is 12.6. The summed E-state index contributed by atoms with van der Waals surface area (Å²) < 4.78 is 10.3. The molecule has 12 heteroatoms. The van der Waals surface area contributed by atoms with E-state index < -0.39 is 11.8 Å². The van der Waals surface area contributed by atoms with Crippen molar-refractivity contribution in [2.75, 3.05) is 25.2 Å². The van der Waals surface area contributed by atoms with E-state index in [-0.39, 0.29) is 35.6 Å². The van der Waals surface area contributed by atoms with E-state index in [9.17, 15) is 19.2 Å². The zero-order valence-corrected chi connectivity index (χ0v) is 37.1. The molecule has 4 amide bonds. The van der Waals surface area contributed by atoms with E-state index in [1.807, 2.05) is 45.0 Å². The summed E-state index contributed by atoms with van der Waals surface area (Å²) in [6.07, 6.45) is 0.558. The van der Waals surface area contributed by atoms with E-state index in [0.29, 0.717) is 80.1 Å². The molecule has 2 aliphatic rings. The maximum absolute atomic E-state index is 14.2. The highest BCUT2D eigenvalue weighted by molar-refractivity contribution is 6.44. The van der Waals surface area contributed by atoms with Crippen molar-refractivity contribution in [3.05, 3.63) is 123 Å². The number of methoxy groups -OCH3 is 1. The number of imide groups is 2. The van der Waals surface area contributed by atoms with Crippen LogP contribution in [0, 0.1) is 11.8 Å². The maximum Gasteiger partial charge on any atom is 0.265 e. The van der Waals surface area contributed by atoms with Crippen molar-refractivity contribution in [3.63, 3.8) is 0 Å². The van der Waals surface area contributed by atoms with E-state index in [1.54, 1.807) is 80.8 Å². The first-order chi connectivity index (χ1) is 29.6. The van der Waals surface area contributed by atoms with Gasteiger partial charge in [-0.15, -0.1) is 0 Å². The first-order valence-electron chi connectivity index (χ1n) is 20.6. The van der Waals surface area contributed by atoms with E-state index in [4.69, 9.17) is 38.2 Å². The molecule has 0 aliphatic carbocycles. The molecule has 2 unspecified atom stereocenters. The van der Waals surface area contributed by atoms with Crippen LogP contribution in [-0.4, -0.2) is 71.2 Å². The second-order valence-electron chi connectivity index (χ2n) is 16.4. The quantitative estimate of drug-likeness (QED) is 0.0832. The second kappa shape index (κ2) is 18.0. The van der Waals surface area contributed by atoms with Gasteiger partial charge in [0.2, 0.25) is 0 Å². The number of nitrogens with zero attached hydrogens (tertiary/aromatic N) is 2. The Morgan fingerprint density at radius 2 is 1.06 bits per heavy atom. The molecular formula is C50H48Cl2N2O8. The lowest BCUT2D eigenvalue weighted by Gasteiger charge is -2.33. The van der Waals surface area contributed by atoms with Crippen LogP contribution >= 0.6 is 23.2 Å². The molecule has 7 aromatic rings. The molecule has 0 radical (unpaired) electrons. The summed E-state index contributed by atoms with van der Waals surface area (Å²) in [7, 11) is 1.55. The zero-order chi connectivity index (χ0) is 44.7. The van der Waals surface area contributed by atoms with Crippen molar-refractivity contribution >= 4 is 95.6 Å². The summed E-state index contributed by atoms with van der Waals surface area (Å²) in [5.41, 5.74) is 2.08. The summed E-state index contributed by atoms with van der Waals surface area (Å²) in [4.78, 5) is 58.7. The van der Waals surface area contributed by atoms with Gasteiger partial charge in [-0.05, 0) is 131 Å². The molecule has 2 heterocycles. The Morgan fingerprint density at radius 3 is 1.44 bits per heavy atom. The lowest BCUT2D eigenvalue weighted by Crippen LogP contribution is -2.46. The lowest BCUT2D eigenvalue weighted by atomic mass is 9.82. The van der Waals surface area contributed by atoms with Crippen LogP contribution in [0.5, 0.6) is 11.5 Å². The molecular weight excluding hydrogens is 827 g/mol. The molecule has 62 heavy (non-hydrogen) atoms. The van der Waals surface area contributed by atoms with E-state index in [1.165, 1.54) is 4.90 Å². The smallest absolute Gasteiger partial charge is 0.265 e. The monoisotopic (exact) mass is 874 g/mol. The standard InChI is InChI=1S/C42H28Cl2N2O5.C5H12O.C3H8O2/c1-20(2)18-21(3)45-39(47)29-13-9-25-27-11-15-31-38-32(16-12-28(36(27)38)26-10-14-30(40(45)48)37(29)35(25)26)42(50)46(41(31)49)23-6-17-34(33(44)19-23)51-24-7-4-22(43)5-8-24;1-4(2)5(3)6;1-5-3-2-4/h4-17,19-21H,18H2,1-3H3;4-6H,1-3H3;4H,2-3H2,1H3. The number of fused-ring (bicyclic) bond motifs is 2. The van der Waals surface area contributed by atoms with Gasteiger partial charge in [0.1, 0.15) is 11.5 Å². The van der Waals surface area contributed by atoms with Gasteiger partial charge in [0, 0.05) is 51.2 Å². The van der Waals surface area contributed by atoms with Crippen molar-refractivity contribution in [1.29, 1.82) is 0 Å². The Labute approximate surface area is 369 Å². The van der Waals surface area contributed by atoms with Crippen LogP contribution < -0.4 is 9.64 Å². The fourth-order valence-corrected chi connectivity index (χ4v) is 8.48. The van der Waals surface area contributed by atoms with E-state index in [2.05, 4.69) is 18.6 Å². The molecule has 0 saturated heterocycles. The van der Waals surface area contributed by atoms with Gasteiger partial charge in [-0.1, -0.05) is 75.2 Å². The maximum atomic E-state index is 14.2. The van der Waals surface area contributed by atoms with Crippen LogP contribution in [0.3, 0.4) is 0 Å². The largest absolute Gasteiger partial charge is 0.456 e. The van der Waals surface area contributed by atoms with Crippen LogP contribution in [-0.2, 0) is 4.74 Å². The number of halogens is 2. The minimum atomic E-state index is -0.471. The van der Waals surface area contributed by atoms with Crippen LogP contribution in [0.2, 0.25) is 10.0 Å². The van der Waals surface area contributed by atoms with Gasteiger partial charge in [0.25, 0.3) is 23.6 Å². The highest BCUT2D eigenvalue weighted by Gasteiger charge is 2.39. The lowest BCUT2D eigenvalue weighted by molar-refractivity contribution is 0.0535. The molecule has 320 valence electrons. The fourth-order valence-electron chi connectivity index (χ4n) is 8.14. The Bertz CT molecular complexity index is 2740. The Hall–Kier alpha value is -5.62. The van der Waals surface area contributed by atoms with Crippen LogP contribution in [0.1, 0.15) is 89.4 Å². The van der Waals surface area contributed by atoms with Crippen LogP contribution in [0.15, 0.2) is 91.0 Å². The minimum absolute atomic E-state index is 0.122. The van der Waals surface area contributed by atoms with Gasteiger partial charge in [-0.25, -0.2) is 4.90 Å². The number of hydrogen-bond donors (Lipinski definition) is 2. The normalized spacial score (nSPS) is 14.5. The van der Waals surface area contributed by atoms with Crippen LogP contribution in [0.25, 0.3) is 43.1 Å². The van der Waals surface area contributed by atoms with Gasteiger partial charge < -0.3 is 19.7 Å². The minimum Gasteiger partial charge on any atom is -0.456 e. The third-order valence-electron chi connectivity index (χ3n) is 11.4. The molecule has 2 aliphatic heterocycles. The first kappa shape index (κ1) is 44.4. The number of aliphatic hydroxyl groups excluding tert-OH is 2. The van der Waals surface area contributed by atoms with Crippen molar-refractivity contribution in [1.82, 2.24) is 4.90 Å². The molecule has 9 rings (SSSR count). The average Bonchev–Trinajstić information content (AvgIpc) is 3.23. The van der Waals surface area contributed by atoms with E-state index >= 15 is 0 Å². The molecule has 7 aromatic carbocycles. The highest BCUT2D eigenvalue weighted by Crippen LogP contribution is 2.47. The van der Waals surface area contributed by atoms with Gasteiger partial charge in [0.15, 0.2) is 0 Å². The van der Waals surface area contributed by atoms with Crippen molar-refractivity contribution < 1.29 is 38.9 Å². The second-order valence-corrected chi connectivity index (χ2v) is 17.3. The van der Waals surface area contributed by atoms with Gasteiger partial charge in [-0.3, -0.25) is 24.1 Å². The van der Waals surface area contributed by atoms with Crippen molar-refractivity contribution in [2.45, 2.75) is 60.1 Å². The summed E-state index contributed by atoms with van der Waals surface area (Å²) in [6.45, 7) is 12.4. The van der Waals surface area contributed by atoms with Crippen molar-refractivity contribution in [2.24, 2.45) is 11.8 Å². The first-order valence-corrected chi connectivity index (χ1v) is 21.3. The number of hydrogen-bond acceptors (Lipinski definition) is 8. The third kappa shape index (κ3) is 7.98. The molecule has 2 N–H and O–H groups in total. The molecule has 0 spiro atoms. The van der Waals surface area contributed by atoms with E-state index in [0.717, 1.165) is 37.2 Å². The summed E-state index contributed by atoms with van der Waals surface area (Å²) in [5.74, 6) is 0.0980. The molecule has 2 atom stereocenters. The number of benzene rings is 7. The predicted octanol–water partition coefficient (Wildman–Crippen LogP) is 11.3. The number of amides is 4. The molecule has 0 aromatic heterocycles. The molecule has 10 nitrogen and oxygen atoms in total. The van der Waals surface area contributed by atoms with Gasteiger partial charge >= 0.3 is 0 Å². The number of aliphatic hydroxyl groups is 2. The number of rotatable bonds is 9. The molecule has 0 bridgehead atoms. The summed E-state index contributed by atoms with van der Waals surface area (Å²) in [5, 5.41) is 23.5. The zero-order valence-electron chi connectivity index (χ0n) is 35.6. The molecule has 0 saturated carbocycles. The number of carbonyl (C=O) groups excluding carboxylic acids is 4. The third-order valence-corrected chi connectivity index (χ3v) is 11.9.